The first-order valence-corrected chi connectivity index (χ1v) is 12.2. The van der Waals surface area contributed by atoms with Crippen molar-refractivity contribution < 1.29 is 70.6 Å². The van der Waals surface area contributed by atoms with Gasteiger partial charge in [-0.05, 0) is 48.6 Å². The molecule has 244 valence electrons. The fraction of sp³-hybridized carbons (Fsp3) is 0.600. The first-order valence-electron chi connectivity index (χ1n) is 12.2. The molecule has 1 aromatic carbocycles. The summed E-state index contributed by atoms with van der Waals surface area (Å²) < 4.78 is 204. The number of halogens is 15. The van der Waals surface area contributed by atoms with Gasteiger partial charge in [-0.1, -0.05) is 26.7 Å². The predicted octanol–water partition coefficient (Wildman–Crippen LogP) is 9.27. The van der Waals surface area contributed by atoms with E-state index in [4.69, 9.17) is 0 Å². The number of ether oxygens (including phenoxy) is 1. The highest BCUT2D eigenvalue weighted by Gasteiger charge is 2.93. The highest BCUT2D eigenvalue weighted by atomic mass is 19.4. The lowest BCUT2D eigenvalue weighted by Crippen LogP contribution is -2.73. The van der Waals surface area contributed by atoms with Gasteiger partial charge in [-0.25, -0.2) is 9.97 Å². The van der Waals surface area contributed by atoms with Gasteiger partial charge in [0.1, 0.15) is 5.75 Å². The van der Waals surface area contributed by atoms with Gasteiger partial charge in [-0.15, -0.1) is 0 Å². The van der Waals surface area contributed by atoms with E-state index in [1.165, 1.54) is 12.4 Å². The topological polar surface area (TPSA) is 35.0 Å². The van der Waals surface area contributed by atoms with Gasteiger partial charge in [0, 0.05) is 18.0 Å². The maximum atomic E-state index is 14.0. The van der Waals surface area contributed by atoms with Crippen molar-refractivity contribution in [3.8, 4) is 17.1 Å². The third kappa shape index (κ3) is 6.76. The summed E-state index contributed by atoms with van der Waals surface area (Å²) in [6.07, 6.45) is -1.08. The highest BCUT2D eigenvalue weighted by molar-refractivity contribution is 5.55. The number of nitrogens with zero attached hydrogens (tertiary/aromatic N) is 2. The molecule has 1 aromatic heterocycles. The summed E-state index contributed by atoms with van der Waals surface area (Å²) in [5.74, 6) is -47.1. The Hall–Kier alpha value is -2.95. The molecule has 0 fully saturated rings. The van der Waals surface area contributed by atoms with Crippen molar-refractivity contribution in [1.29, 1.82) is 0 Å². The first-order chi connectivity index (χ1) is 19.4. The van der Waals surface area contributed by atoms with Crippen molar-refractivity contribution in [3.05, 3.63) is 42.2 Å². The van der Waals surface area contributed by atoms with E-state index >= 15 is 0 Å². The van der Waals surface area contributed by atoms with Crippen LogP contribution in [0.4, 0.5) is 65.9 Å². The zero-order valence-electron chi connectivity index (χ0n) is 22.0. The van der Waals surface area contributed by atoms with Crippen molar-refractivity contribution in [3.63, 3.8) is 0 Å². The lowest BCUT2D eigenvalue weighted by atomic mass is 9.91. The largest absolute Gasteiger partial charge is 0.487 e. The minimum atomic E-state index is -8.34. The Balaban J connectivity index is 2.17. The quantitative estimate of drug-likeness (QED) is 0.191. The van der Waals surface area contributed by atoms with Crippen LogP contribution in [0.15, 0.2) is 36.7 Å². The molecule has 0 aliphatic heterocycles. The summed E-state index contributed by atoms with van der Waals surface area (Å²) in [5.41, 5.74) is 1.02. The Labute approximate surface area is 234 Å². The average Bonchev–Trinajstić information content (AvgIpc) is 2.91. The van der Waals surface area contributed by atoms with Crippen LogP contribution in [0.5, 0.6) is 5.75 Å². The Bertz CT molecular complexity index is 1200. The molecular weight excluding hydrogens is 629 g/mol. The van der Waals surface area contributed by atoms with E-state index in [1.807, 2.05) is 0 Å². The zero-order chi connectivity index (χ0) is 33.3. The van der Waals surface area contributed by atoms with Crippen molar-refractivity contribution in [2.24, 2.45) is 5.92 Å². The molecule has 0 saturated heterocycles. The van der Waals surface area contributed by atoms with E-state index in [0.29, 0.717) is 12.3 Å². The van der Waals surface area contributed by atoms with Gasteiger partial charge in [0.15, 0.2) is 12.4 Å². The molecule has 0 aliphatic rings. The lowest BCUT2D eigenvalue weighted by Gasteiger charge is -2.41. The van der Waals surface area contributed by atoms with Crippen molar-refractivity contribution in [2.45, 2.75) is 81.2 Å². The fourth-order valence-corrected chi connectivity index (χ4v) is 3.46. The standard InChI is InChI=1S/C25H23F15N2O/c1-3-14(2)5-4-6-15-11-41-18(42-12-15)16-7-9-17(10-8-16)43-13-19(26,27)20(28,29)21(30,31)22(32,33)23(34,35)24(36,37)25(38,39)40/h7-12,14H,3-6,13H2,1-2H3. The maximum absolute atomic E-state index is 14.0. The smallest absolute Gasteiger partial charge is 0.460 e. The summed E-state index contributed by atoms with van der Waals surface area (Å²) in [6.45, 7) is 1.25. The van der Waals surface area contributed by atoms with Crippen LogP contribution >= 0.6 is 0 Å². The van der Waals surface area contributed by atoms with Gasteiger partial charge in [0.2, 0.25) is 0 Å². The fourth-order valence-electron chi connectivity index (χ4n) is 3.46. The Morgan fingerprint density at radius 1 is 0.674 bits per heavy atom. The van der Waals surface area contributed by atoms with Gasteiger partial charge < -0.3 is 4.74 Å². The molecule has 1 heterocycles. The zero-order valence-corrected chi connectivity index (χ0v) is 22.0. The molecule has 0 bridgehead atoms. The number of hydrogen-bond donors (Lipinski definition) is 0. The molecule has 43 heavy (non-hydrogen) atoms. The third-order valence-corrected chi connectivity index (χ3v) is 6.49. The van der Waals surface area contributed by atoms with Crippen LogP contribution in [-0.4, -0.2) is 58.3 Å². The molecule has 0 aliphatic carbocycles. The predicted molar refractivity (Wildman–Crippen MR) is 121 cm³/mol. The van der Waals surface area contributed by atoms with Crippen molar-refractivity contribution >= 4 is 0 Å². The third-order valence-electron chi connectivity index (χ3n) is 6.49. The van der Waals surface area contributed by atoms with Crippen LogP contribution in [0.2, 0.25) is 0 Å². The van der Waals surface area contributed by atoms with Crippen LogP contribution in [0, 0.1) is 5.92 Å². The average molecular weight is 652 g/mol. The normalized spacial score (nSPS) is 15.0. The van der Waals surface area contributed by atoms with E-state index in [2.05, 4.69) is 28.6 Å². The van der Waals surface area contributed by atoms with Crippen LogP contribution < -0.4 is 4.74 Å². The van der Waals surface area contributed by atoms with Gasteiger partial charge in [0.05, 0.1) is 0 Å². The van der Waals surface area contributed by atoms with Gasteiger partial charge in [0.25, 0.3) is 0 Å². The second-order valence-electron chi connectivity index (χ2n) is 9.71. The molecule has 1 atom stereocenters. The molecular formula is C25H23F15N2O. The van der Waals surface area contributed by atoms with Crippen LogP contribution in [0.25, 0.3) is 11.4 Å². The highest BCUT2D eigenvalue weighted by Crippen LogP contribution is 2.62. The van der Waals surface area contributed by atoms with E-state index in [9.17, 15) is 65.9 Å². The summed E-state index contributed by atoms with van der Waals surface area (Å²) in [6, 6.07) is 3.79. The number of rotatable bonds is 14. The number of alkyl halides is 15. The monoisotopic (exact) mass is 652 g/mol. The number of aryl methyl sites for hydroxylation is 1. The molecule has 0 N–H and O–H groups in total. The molecule has 0 radical (unpaired) electrons. The maximum Gasteiger partial charge on any atom is 0.460 e. The summed E-state index contributed by atoms with van der Waals surface area (Å²) in [4.78, 5) is 8.21. The van der Waals surface area contributed by atoms with Crippen molar-refractivity contribution in [2.75, 3.05) is 6.61 Å². The molecule has 3 nitrogen and oxygen atoms in total. The summed E-state index contributed by atoms with van der Waals surface area (Å²) in [5, 5.41) is 0. The molecule has 0 saturated carbocycles. The van der Waals surface area contributed by atoms with Gasteiger partial charge >= 0.3 is 41.7 Å². The van der Waals surface area contributed by atoms with E-state index < -0.39 is 54.1 Å². The summed E-state index contributed by atoms with van der Waals surface area (Å²) >= 11 is 0. The molecule has 0 amide bonds. The van der Waals surface area contributed by atoms with Crippen LogP contribution in [0.3, 0.4) is 0 Å². The van der Waals surface area contributed by atoms with E-state index in [1.54, 1.807) is 0 Å². The second-order valence-corrected chi connectivity index (χ2v) is 9.71. The molecule has 0 spiro atoms. The van der Waals surface area contributed by atoms with Crippen LogP contribution in [-0.2, 0) is 6.42 Å². The number of benzene rings is 1. The molecule has 1 unspecified atom stereocenters. The molecule has 2 rings (SSSR count). The number of hydrogen-bond acceptors (Lipinski definition) is 3. The Kier molecular flexibility index (Phi) is 10.3. The van der Waals surface area contributed by atoms with E-state index in [0.717, 1.165) is 49.1 Å². The van der Waals surface area contributed by atoms with Gasteiger partial charge in [-0.2, -0.15) is 65.9 Å². The minimum absolute atomic E-state index is 0.104. The van der Waals surface area contributed by atoms with E-state index in [-0.39, 0.29) is 11.4 Å². The SMILES string of the molecule is CCC(C)CCCc1cnc(-c2ccc(OCC(F)(F)C(F)(F)C(F)(F)C(F)(F)C(F)(F)C(F)(F)C(F)(F)F)cc2)nc1. The first kappa shape index (κ1) is 36.2. The Morgan fingerprint density at radius 3 is 1.60 bits per heavy atom. The van der Waals surface area contributed by atoms with Crippen molar-refractivity contribution in [1.82, 2.24) is 9.97 Å². The van der Waals surface area contributed by atoms with Crippen LogP contribution in [0.1, 0.15) is 38.7 Å². The minimum Gasteiger partial charge on any atom is -0.487 e. The lowest BCUT2D eigenvalue weighted by molar-refractivity contribution is -0.453. The Morgan fingerprint density at radius 2 is 1.14 bits per heavy atom. The number of aromatic nitrogens is 2. The molecule has 18 heteroatoms. The second kappa shape index (κ2) is 12.2. The van der Waals surface area contributed by atoms with Gasteiger partial charge in [-0.3, -0.25) is 0 Å². The molecule has 2 aromatic rings. The summed E-state index contributed by atoms with van der Waals surface area (Å²) in [7, 11) is 0.